The minimum absolute atomic E-state index is 0.0108. The van der Waals surface area contributed by atoms with Gasteiger partial charge in [-0.15, -0.1) is 0 Å². The van der Waals surface area contributed by atoms with Crippen LogP contribution in [0.3, 0.4) is 0 Å². The van der Waals surface area contributed by atoms with E-state index in [2.05, 4.69) is 5.10 Å². The highest BCUT2D eigenvalue weighted by Crippen LogP contribution is 2.19. The number of rotatable bonds is 5. The molecule has 5 heteroatoms. The first-order chi connectivity index (χ1) is 11.0. The van der Waals surface area contributed by atoms with Crippen molar-refractivity contribution in [2.45, 2.75) is 27.7 Å². The largest absolute Gasteiger partial charge is 0.340 e. The van der Waals surface area contributed by atoms with E-state index in [1.165, 1.54) is 12.1 Å². The fraction of sp³-hybridized carbons (Fsp3) is 0.333. The van der Waals surface area contributed by atoms with Gasteiger partial charge in [-0.25, -0.2) is 9.07 Å². The minimum Gasteiger partial charge on any atom is -0.340 e. The molecule has 2 rings (SSSR count). The van der Waals surface area contributed by atoms with E-state index in [4.69, 9.17) is 0 Å². The highest BCUT2D eigenvalue weighted by Gasteiger charge is 2.12. The number of amides is 1. The summed E-state index contributed by atoms with van der Waals surface area (Å²) in [4.78, 5) is 13.8. The molecule has 1 amide bonds. The zero-order valence-electron chi connectivity index (χ0n) is 14.0. The molecule has 122 valence electrons. The lowest BCUT2D eigenvalue weighted by Crippen LogP contribution is -2.28. The van der Waals surface area contributed by atoms with Crippen LogP contribution in [0.15, 0.2) is 30.3 Å². The second-order valence-electron chi connectivity index (χ2n) is 5.32. The third-order valence-corrected chi connectivity index (χ3v) is 3.89. The molecule has 4 nitrogen and oxygen atoms in total. The maximum absolute atomic E-state index is 13.1. The monoisotopic (exact) mass is 315 g/mol. The lowest BCUT2D eigenvalue weighted by Gasteiger charge is -2.15. The number of nitrogens with zero attached hydrogens (tertiary/aromatic N) is 3. The summed E-state index contributed by atoms with van der Waals surface area (Å²) in [6.07, 6.45) is 3.39. The van der Waals surface area contributed by atoms with Crippen LogP contribution < -0.4 is 0 Å². The van der Waals surface area contributed by atoms with Gasteiger partial charge in [0.1, 0.15) is 5.82 Å². The molecule has 1 heterocycles. The summed E-state index contributed by atoms with van der Waals surface area (Å²) < 4.78 is 14.8. The number of aromatic nitrogens is 2. The Hall–Kier alpha value is -2.43. The molecule has 0 saturated heterocycles. The molecule has 1 aromatic heterocycles. The smallest absolute Gasteiger partial charge is 0.246 e. The van der Waals surface area contributed by atoms with Crippen LogP contribution >= 0.6 is 0 Å². The first-order valence-corrected chi connectivity index (χ1v) is 7.77. The van der Waals surface area contributed by atoms with Crippen LogP contribution in [0.25, 0.3) is 11.8 Å². The van der Waals surface area contributed by atoms with Crippen LogP contribution in [0, 0.1) is 19.7 Å². The van der Waals surface area contributed by atoms with Gasteiger partial charge in [0, 0.05) is 30.4 Å². The summed E-state index contributed by atoms with van der Waals surface area (Å²) in [6.45, 7) is 9.12. The van der Waals surface area contributed by atoms with Gasteiger partial charge in [-0.1, -0.05) is 0 Å². The highest BCUT2D eigenvalue weighted by atomic mass is 19.1. The van der Waals surface area contributed by atoms with E-state index in [-0.39, 0.29) is 11.7 Å². The van der Waals surface area contributed by atoms with Gasteiger partial charge in [0.2, 0.25) is 5.91 Å². The van der Waals surface area contributed by atoms with Gasteiger partial charge in [-0.05, 0) is 58.0 Å². The third-order valence-electron chi connectivity index (χ3n) is 3.89. The number of hydrogen-bond donors (Lipinski definition) is 0. The first kappa shape index (κ1) is 16.9. The van der Waals surface area contributed by atoms with Crippen LogP contribution in [0.5, 0.6) is 0 Å². The fourth-order valence-electron chi connectivity index (χ4n) is 2.52. The number of halogens is 1. The minimum atomic E-state index is -0.278. The molecule has 0 aliphatic rings. The average Bonchev–Trinajstić information content (AvgIpc) is 2.82. The molecule has 1 aromatic carbocycles. The van der Waals surface area contributed by atoms with E-state index in [1.807, 2.05) is 27.7 Å². The van der Waals surface area contributed by atoms with Crippen molar-refractivity contribution in [1.29, 1.82) is 0 Å². The molecule has 0 aliphatic heterocycles. The Balaban J connectivity index is 2.31. The lowest BCUT2D eigenvalue weighted by atomic mass is 10.1. The van der Waals surface area contributed by atoms with E-state index in [1.54, 1.807) is 33.9 Å². The number of aryl methyl sites for hydroxylation is 1. The van der Waals surface area contributed by atoms with Crippen molar-refractivity contribution >= 4 is 12.0 Å². The summed E-state index contributed by atoms with van der Waals surface area (Å²) in [6, 6.07) is 6.18. The molecule has 0 N–H and O–H groups in total. The quantitative estimate of drug-likeness (QED) is 0.792. The van der Waals surface area contributed by atoms with E-state index in [0.717, 1.165) is 22.6 Å². The number of benzene rings is 1. The first-order valence-electron chi connectivity index (χ1n) is 7.77. The summed E-state index contributed by atoms with van der Waals surface area (Å²) >= 11 is 0. The molecular formula is C18H22FN3O. The lowest BCUT2D eigenvalue weighted by molar-refractivity contribution is -0.125. The molecule has 0 unspecified atom stereocenters. The van der Waals surface area contributed by atoms with Crippen molar-refractivity contribution in [3.8, 4) is 5.69 Å². The molecular weight excluding hydrogens is 293 g/mol. The van der Waals surface area contributed by atoms with Crippen LogP contribution in [-0.4, -0.2) is 33.7 Å². The molecule has 0 spiro atoms. The van der Waals surface area contributed by atoms with Gasteiger partial charge in [-0.2, -0.15) is 5.10 Å². The maximum atomic E-state index is 13.1. The standard InChI is InChI=1S/C18H22FN3O/c1-5-21(6-2)18(23)12-11-17-13(3)20-22(14(17)4)16-9-7-15(19)8-10-16/h7-12H,5-6H2,1-4H3. The predicted octanol–water partition coefficient (Wildman–Crippen LogP) is 3.51. The van der Waals surface area contributed by atoms with Crippen LogP contribution in [0.2, 0.25) is 0 Å². The van der Waals surface area contributed by atoms with Crippen LogP contribution in [-0.2, 0) is 4.79 Å². The van der Waals surface area contributed by atoms with Crippen molar-refractivity contribution in [1.82, 2.24) is 14.7 Å². The molecule has 0 bridgehead atoms. The van der Waals surface area contributed by atoms with E-state index in [9.17, 15) is 9.18 Å². The van der Waals surface area contributed by atoms with E-state index < -0.39 is 0 Å². The van der Waals surface area contributed by atoms with Crippen molar-refractivity contribution in [2.24, 2.45) is 0 Å². The van der Waals surface area contributed by atoms with Gasteiger partial charge in [0.25, 0.3) is 0 Å². The molecule has 23 heavy (non-hydrogen) atoms. The van der Waals surface area contributed by atoms with Gasteiger partial charge < -0.3 is 4.90 Å². The van der Waals surface area contributed by atoms with Gasteiger partial charge in [-0.3, -0.25) is 4.79 Å². The Bertz CT molecular complexity index is 713. The molecule has 2 aromatic rings. The Morgan fingerprint density at radius 3 is 2.39 bits per heavy atom. The summed E-state index contributed by atoms with van der Waals surface area (Å²) in [5, 5.41) is 4.49. The van der Waals surface area contributed by atoms with Gasteiger partial charge in [0.05, 0.1) is 11.4 Å². The molecule has 0 saturated carbocycles. The maximum Gasteiger partial charge on any atom is 0.246 e. The Labute approximate surface area is 136 Å². The van der Waals surface area contributed by atoms with Gasteiger partial charge in [0.15, 0.2) is 0 Å². The van der Waals surface area contributed by atoms with Crippen LogP contribution in [0.1, 0.15) is 30.8 Å². The zero-order valence-corrected chi connectivity index (χ0v) is 14.0. The van der Waals surface area contributed by atoms with Crippen LogP contribution in [0.4, 0.5) is 4.39 Å². The molecule has 0 atom stereocenters. The SMILES string of the molecule is CCN(CC)C(=O)C=Cc1c(C)nn(-c2ccc(F)cc2)c1C. The van der Waals surface area contributed by atoms with E-state index in [0.29, 0.717) is 13.1 Å². The number of likely N-dealkylation sites (N-methyl/N-ethyl adjacent to an activating group) is 1. The van der Waals surface area contributed by atoms with Crippen molar-refractivity contribution < 1.29 is 9.18 Å². The van der Waals surface area contributed by atoms with Gasteiger partial charge >= 0.3 is 0 Å². The van der Waals surface area contributed by atoms with Crippen molar-refractivity contribution in [3.05, 3.63) is 53.1 Å². The average molecular weight is 315 g/mol. The molecule has 0 fully saturated rings. The van der Waals surface area contributed by atoms with Crippen molar-refractivity contribution in [3.63, 3.8) is 0 Å². The van der Waals surface area contributed by atoms with Crippen molar-refractivity contribution in [2.75, 3.05) is 13.1 Å². The Morgan fingerprint density at radius 1 is 1.22 bits per heavy atom. The predicted molar refractivity (Wildman–Crippen MR) is 90.0 cm³/mol. The number of carbonyl (C=O) groups excluding carboxylic acids is 1. The Morgan fingerprint density at radius 2 is 1.83 bits per heavy atom. The third kappa shape index (κ3) is 3.67. The highest BCUT2D eigenvalue weighted by molar-refractivity contribution is 5.92. The number of hydrogen-bond acceptors (Lipinski definition) is 2. The van der Waals surface area contributed by atoms with E-state index >= 15 is 0 Å². The summed E-state index contributed by atoms with van der Waals surface area (Å²) in [5.41, 5.74) is 3.45. The normalized spacial score (nSPS) is 11.2. The number of carbonyl (C=O) groups is 1. The zero-order chi connectivity index (χ0) is 17.0. The molecule has 0 radical (unpaired) electrons. The summed E-state index contributed by atoms with van der Waals surface area (Å²) in [7, 11) is 0. The second kappa shape index (κ2) is 7.22. The second-order valence-corrected chi connectivity index (χ2v) is 5.32. The topological polar surface area (TPSA) is 38.1 Å². The summed E-state index contributed by atoms with van der Waals surface area (Å²) in [5.74, 6) is -0.288. The fourth-order valence-corrected chi connectivity index (χ4v) is 2.52. The Kier molecular flexibility index (Phi) is 5.32. The molecule has 0 aliphatic carbocycles.